The average molecular weight is 287 g/mol. The second-order valence-electron chi connectivity index (χ2n) is 4.48. The zero-order chi connectivity index (χ0) is 15.4. The molecule has 6 heteroatoms. The Morgan fingerprint density at radius 2 is 1.71 bits per heavy atom. The first-order chi connectivity index (χ1) is 10.0. The van der Waals surface area contributed by atoms with E-state index in [-0.39, 0.29) is 17.7 Å². The predicted octanol–water partition coefficient (Wildman–Crippen LogP) is 2.55. The highest BCUT2D eigenvalue weighted by Crippen LogP contribution is 2.37. The number of hydrogen-bond donors (Lipinski definition) is 2. The molecule has 0 atom stereocenters. The van der Waals surface area contributed by atoms with Crippen LogP contribution in [-0.4, -0.2) is 23.4 Å². The molecule has 0 saturated carbocycles. The molecule has 0 fully saturated rings. The minimum Gasteiger partial charge on any atom is -0.476 e. The quantitative estimate of drug-likeness (QED) is 0.905. The van der Waals surface area contributed by atoms with Crippen molar-refractivity contribution in [1.82, 2.24) is 4.98 Å². The molecule has 0 bridgehead atoms. The third-order valence-electron chi connectivity index (χ3n) is 2.74. The predicted molar refractivity (Wildman–Crippen MR) is 81.5 cm³/mol. The van der Waals surface area contributed by atoms with Gasteiger partial charge in [0.25, 0.3) is 0 Å². The smallest absolute Gasteiger partial charge is 0.240 e. The molecule has 2 aromatic rings. The number of pyridine rings is 1. The second kappa shape index (κ2) is 6.21. The van der Waals surface area contributed by atoms with E-state index in [0.717, 1.165) is 5.39 Å². The van der Waals surface area contributed by atoms with E-state index < -0.39 is 0 Å². The van der Waals surface area contributed by atoms with E-state index in [1.165, 1.54) is 13.8 Å². The summed E-state index contributed by atoms with van der Waals surface area (Å²) in [7, 11) is 0. The van der Waals surface area contributed by atoms with Gasteiger partial charge in [-0.25, -0.2) is 4.98 Å². The molecule has 1 heterocycles. The number of rotatable bonds is 4. The highest BCUT2D eigenvalue weighted by molar-refractivity contribution is 6.09. The van der Waals surface area contributed by atoms with Crippen LogP contribution in [0.25, 0.3) is 10.9 Å². The fourth-order valence-electron chi connectivity index (χ4n) is 2.03. The number of para-hydroxylation sites is 1. The number of anilines is 2. The SMILES string of the molecule is CCOc1nc2ccccc2c(NC(C)=O)c1NC(C)=O. The summed E-state index contributed by atoms with van der Waals surface area (Å²) in [6.45, 7) is 5.03. The van der Waals surface area contributed by atoms with Crippen LogP contribution >= 0.6 is 0 Å². The maximum Gasteiger partial charge on any atom is 0.240 e. The minimum atomic E-state index is -0.264. The van der Waals surface area contributed by atoms with Crippen molar-refractivity contribution in [2.24, 2.45) is 0 Å². The lowest BCUT2D eigenvalue weighted by Gasteiger charge is -2.17. The average Bonchev–Trinajstić information content (AvgIpc) is 2.42. The van der Waals surface area contributed by atoms with Crippen molar-refractivity contribution >= 4 is 34.1 Å². The summed E-state index contributed by atoms with van der Waals surface area (Å²) >= 11 is 0. The summed E-state index contributed by atoms with van der Waals surface area (Å²) < 4.78 is 5.49. The summed E-state index contributed by atoms with van der Waals surface area (Å²) in [6, 6.07) is 7.34. The largest absolute Gasteiger partial charge is 0.476 e. The number of benzene rings is 1. The molecule has 0 radical (unpaired) electrons. The number of nitrogens with one attached hydrogen (secondary N) is 2. The number of amides is 2. The molecule has 0 spiro atoms. The summed E-state index contributed by atoms with van der Waals surface area (Å²) in [6.07, 6.45) is 0. The molecule has 0 unspecified atom stereocenters. The highest BCUT2D eigenvalue weighted by Gasteiger charge is 2.18. The fraction of sp³-hybridized carbons (Fsp3) is 0.267. The highest BCUT2D eigenvalue weighted by atomic mass is 16.5. The molecule has 2 rings (SSSR count). The van der Waals surface area contributed by atoms with Gasteiger partial charge in [0.15, 0.2) is 0 Å². The summed E-state index contributed by atoms with van der Waals surface area (Å²) in [4.78, 5) is 27.3. The maximum absolute atomic E-state index is 11.5. The van der Waals surface area contributed by atoms with Crippen molar-refractivity contribution in [3.63, 3.8) is 0 Å². The molecule has 0 aliphatic heterocycles. The molecule has 2 amide bonds. The summed E-state index contributed by atoms with van der Waals surface area (Å²) in [5.41, 5.74) is 1.55. The third-order valence-corrected chi connectivity index (χ3v) is 2.74. The van der Waals surface area contributed by atoms with Gasteiger partial charge in [-0.3, -0.25) is 9.59 Å². The lowest BCUT2D eigenvalue weighted by molar-refractivity contribution is -0.115. The molecule has 0 aliphatic carbocycles. The van der Waals surface area contributed by atoms with Crippen LogP contribution in [-0.2, 0) is 9.59 Å². The van der Waals surface area contributed by atoms with E-state index >= 15 is 0 Å². The van der Waals surface area contributed by atoms with Gasteiger partial charge >= 0.3 is 0 Å². The first-order valence-corrected chi connectivity index (χ1v) is 6.63. The van der Waals surface area contributed by atoms with Gasteiger partial charge in [-0.05, 0) is 13.0 Å². The van der Waals surface area contributed by atoms with Crippen LogP contribution in [0, 0.1) is 0 Å². The number of aromatic nitrogens is 1. The Morgan fingerprint density at radius 3 is 2.33 bits per heavy atom. The van der Waals surface area contributed by atoms with Crippen LogP contribution < -0.4 is 15.4 Å². The summed E-state index contributed by atoms with van der Waals surface area (Å²) in [5.74, 6) is -0.213. The van der Waals surface area contributed by atoms with E-state index in [0.29, 0.717) is 23.5 Å². The molecule has 1 aromatic carbocycles. The molecule has 0 saturated heterocycles. The van der Waals surface area contributed by atoms with Gasteiger partial charge in [0, 0.05) is 19.2 Å². The van der Waals surface area contributed by atoms with Gasteiger partial charge in [-0.15, -0.1) is 0 Å². The van der Waals surface area contributed by atoms with Crippen molar-refractivity contribution in [3.8, 4) is 5.88 Å². The van der Waals surface area contributed by atoms with E-state index in [1.807, 2.05) is 31.2 Å². The first kappa shape index (κ1) is 14.8. The Morgan fingerprint density at radius 1 is 1.10 bits per heavy atom. The van der Waals surface area contributed by atoms with Crippen molar-refractivity contribution in [2.45, 2.75) is 20.8 Å². The van der Waals surface area contributed by atoms with Gasteiger partial charge in [-0.2, -0.15) is 0 Å². The van der Waals surface area contributed by atoms with Crippen LogP contribution in [0.2, 0.25) is 0 Å². The Labute approximate surface area is 122 Å². The van der Waals surface area contributed by atoms with Gasteiger partial charge in [0.2, 0.25) is 17.7 Å². The molecule has 2 N–H and O–H groups in total. The van der Waals surface area contributed by atoms with Gasteiger partial charge in [-0.1, -0.05) is 18.2 Å². The number of ether oxygens (including phenoxy) is 1. The molecule has 1 aromatic heterocycles. The topological polar surface area (TPSA) is 80.3 Å². The van der Waals surface area contributed by atoms with Crippen molar-refractivity contribution in [2.75, 3.05) is 17.2 Å². The fourth-order valence-corrected chi connectivity index (χ4v) is 2.03. The van der Waals surface area contributed by atoms with Crippen LogP contribution in [0.1, 0.15) is 20.8 Å². The number of nitrogens with zero attached hydrogens (tertiary/aromatic N) is 1. The maximum atomic E-state index is 11.5. The van der Waals surface area contributed by atoms with Crippen LogP contribution in [0.15, 0.2) is 24.3 Å². The number of carbonyl (C=O) groups is 2. The molecular weight excluding hydrogens is 270 g/mol. The second-order valence-corrected chi connectivity index (χ2v) is 4.48. The number of carbonyl (C=O) groups excluding carboxylic acids is 2. The lowest BCUT2D eigenvalue weighted by atomic mass is 10.1. The lowest BCUT2D eigenvalue weighted by Crippen LogP contribution is -2.15. The van der Waals surface area contributed by atoms with Crippen molar-refractivity contribution < 1.29 is 14.3 Å². The Hall–Kier alpha value is -2.63. The zero-order valence-corrected chi connectivity index (χ0v) is 12.2. The molecule has 6 nitrogen and oxygen atoms in total. The Bertz CT molecular complexity index is 698. The van der Waals surface area contributed by atoms with Crippen LogP contribution in [0.3, 0.4) is 0 Å². The zero-order valence-electron chi connectivity index (χ0n) is 12.2. The Kier molecular flexibility index (Phi) is 4.37. The van der Waals surface area contributed by atoms with Crippen LogP contribution in [0.5, 0.6) is 5.88 Å². The van der Waals surface area contributed by atoms with Crippen LogP contribution in [0.4, 0.5) is 11.4 Å². The standard InChI is InChI=1S/C15H17N3O3/c1-4-21-15-14(17-10(3)20)13(16-9(2)19)11-7-5-6-8-12(11)18-15/h5-8H,4H2,1-3H3,(H,17,20)(H,16,18,19). The van der Waals surface area contributed by atoms with E-state index in [9.17, 15) is 9.59 Å². The molecule has 21 heavy (non-hydrogen) atoms. The molecule has 0 aliphatic rings. The number of fused-ring (bicyclic) bond motifs is 1. The van der Waals surface area contributed by atoms with E-state index in [1.54, 1.807) is 0 Å². The third kappa shape index (κ3) is 3.28. The van der Waals surface area contributed by atoms with Crippen molar-refractivity contribution in [3.05, 3.63) is 24.3 Å². The van der Waals surface area contributed by atoms with Gasteiger partial charge in [0.1, 0.15) is 5.69 Å². The normalized spacial score (nSPS) is 10.2. The Balaban J connectivity index is 2.73. The molecule has 110 valence electrons. The number of hydrogen-bond acceptors (Lipinski definition) is 4. The first-order valence-electron chi connectivity index (χ1n) is 6.63. The van der Waals surface area contributed by atoms with Crippen molar-refractivity contribution in [1.29, 1.82) is 0 Å². The van der Waals surface area contributed by atoms with Gasteiger partial charge in [0.05, 0.1) is 17.8 Å². The molecular formula is C15H17N3O3. The van der Waals surface area contributed by atoms with E-state index in [4.69, 9.17) is 4.74 Å². The monoisotopic (exact) mass is 287 g/mol. The van der Waals surface area contributed by atoms with Gasteiger partial charge < -0.3 is 15.4 Å². The van der Waals surface area contributed by atoms with E-state index in [2.05, 4.69) is 15.6 Å². The minimum absolute atomic E-state index is 0.236. The summed E-state index contributed by atoms with van der Waals surface area (Å²) in [5, 5.41) is 6.17.